The zero-order valence-corrected chi connectivity index (χ0v) is 12.9. The lowest BCUT2D eigenvalue weighted by Crippen LogP contribution is -2.39. The SMILES string of the molecule is CCSc1cccc(N(CC)CC(C)(C)O)c1C#N. The molecule has 1 rings (SSSR count). The summed E-state index contributed by atoms with van der Waals surface area (Å²) in [6.07, 6.45) is 0. The van der Waals surface area contributed by atoms with Crippen LogP contribution >= 0.6 is 11.8 Å². The Labute approximate surface area is 120 Å². The average molecular weight is 278 g/mol. The van der Waals surface area contributed by atoms with E-state index in [0.717, 1.165) is 22.9 Å². The monoisotopic (exact) mass is 278 g/mol. The van der Waals surface area contributed by atoms with Gasteiger partial charge in [-0.3, -0.25) is 0 Å². The van der Waals surface area contributed by atoms with E-state index in [4.69, 9.17) is 0 Å². The maximum absolute atomic E-state index is 9.99. The van der Waals surface area contributed by atoms with Gasteiger partial charge in [-0.2, -0.15) is 5.26 Å². The Balaban J connectivity index is 3.17. The van der Waals surface area contributed by atoms with Gasteiger partial charge in [-0.15, -0.1) is 11.8 Å². The fourth-order valence-corrected chi connectivity index (χ4v) is 2.79. The summed E-state index contributed by atoms with van der Waals surface area (Å²) in [5.74, 6) is 0.940. The van der Waals surface area contributed by atoms with Crippen LogP contribution in [0, 0.1) is 11.3 Å². The number of hydrogen-bond acceptors (Lipinski definition) is 4. The molecule has 0 fully saturated rings. The van der Waals surface area contributed by atoms with E-state index in [-0.39, 0.29) is 0 Å². The minimum atomic E-state index is -0.781. The van der Waals surface area contributed by atoms with Gasteiger partial charge in [0.05, 0.1) is 16.9 Å². The van der Waals surface area contributed by atoms with E-state index in [2.05, 4.69) is 17.9 Å². The Morgan fingerprint density at radius 1 is 1.37 bits per heavy atom. The summed E-state index contributed by atoms with van der Waals surface area (Å²) in [5.41, 5.74) is 0.836. The van der Waals surface area contributed by atoms with E-state index in [9.17, 15) is 10.4 Å². The standard InChI is InChI=1S/C15H22N2OS/c1-5-17(11-15(3,4)18)13-8-7-9-14(19-6-2)12(13)10-16/h7-9,18H,5-6,11H2,1-4H3. The molecule has 0 saturated carbocycles. The molecule has 1 aromatic rings. The van der Waals surface area contributed by atoms with Gasteiger partial charge in [0, 0.05) is 18.0 Å². The van der Waals surface area contributed by atoms with Crippen LogP contribution in [0.2, 0.25) is 0 Å². The molecule has 0 spiro atoms. The topological polar surface area (TPSA) is 47.3 Å². The first-order valence-corrected chi connectivity index (χ1v) is 7.54. The average Bonchev–Trinajstić information content (AvgIpc) is 2.35. The highest BCUT2D eigenvalue weighted by molar-refractivity contribution is 7.99. The van der Waals surface area contributed by atoms with Crippen molar-refractivity contribution in [1.82, 2.24) is 0 Å². The molecule has 0 unspecified atom stereocenters. The molecule has 19 heavy (non-hydrogen) atoms. The number of likely N-dealkylation sites (N-methyl/N-ethyl adjacent to an activating group) is 1. The summed E-state index contributed by atoms with van der Waals surface area (Å²) in [6, 6.07) is 8.21. The van der Waals surface area contributed by atoms with Crippen LogP contribution in [0.25, 0.3) is 0 Å². The van der Waals surface area contributed by atoms with Crippen molar-refractivity contribution in [1.29, 1.82) is 5.26 Å². The Hall–Kier alpha value is -1.18. The molecule has 0 saturated heterocycles. The van der Waals surface area contributed by atoms with Crippen molar-refractivity contribution in [3.63, 3.8) is 0 Å². The fourth-order valence-electron chi connectivity index (χ4n) is 2.01. The molecule has 0 bridgehead atoms. The normalized spacial score (nSPS) is 11.2. The Kier molecular flexibility index (Phi) is 5.71. The molecule has 0 atom stereocenters. The highest BCUT2D eigenvalue weighted by atomic mass is 32.2. The van der Waals surface area contributed by atoms with Gasteiger partial charge >= 0.3 is 0 Å². The highest BCUT2D eigenvalue weighted by Crippen LogP contribution is 2.30. The van der Waals surface area contributed by atoms with E-state index in [1.165, 1.54) is 0 Å². The minimum Gasteiger partial charge on any atom is -0.389 e. The number of aliphatic hydroxyl groups is 1. The van der Waals surface area contributed by atoms with Crippen molar-refractivity contribution in [2.24, 2.45) is 0 Å². The van der Waals surface area contributed by atoms with Crippen molar-refractivity contribution in [3.05, 3.63) is 23.8 Å². The van der Waals surface area contributed by atoms with Gasteiger partial charge in [-0.1, -0.05) is 13.0 Å². The summed E-state index contributed by atoms with van der Waals surface area (Å²) in [5, 5.41) is 19.4. The van der Waals surface area contributed by atoms with Gasteiger partial charge in [0.15, 0.2) is 0 Å². The van der Waals surface area contributed by atoms with Crippen LogP contribution in [0.15, 0.2) is 23.1 Å². The first kappa shape index (κ1) is 15.9. The van der Waals surface area contributed by atoms with Gasteiger partial charge < -0.3 is 10.0 Å². The zero-order valence-electron chi connectivity index (χ0n) is 12.1. The molecule has 0 aliphatic heterocycles. The summed E-state index contributed by atoms with van der Waals surface area (Å²) >= 11 is 1.67. The lowest BCUT2D eigenvalue weighted by atomic mass is 10.1. The smallest absolute Gasteiger partial charge is 0.103 e. The first-order chi connectivity index (χ1) is 8.92. The summed E-state index contributed by atoms with van der Waals surface area (Å²) in [7, 11) is 0. The van der Waals surface area contributed by atoms with E-state index >= 15 is 0 Å². The molecule has 0 heterocycles. The van der Waals surface area contributed by atoms with Crippen LogP contribution in [0.4, 0.5) is 5.69 Å². The Bertz CT molecular complexity index is 460. The second kappa shape index (κ2) is 6.83. The molecule has 0 amide bonds. The van der Waals surface area contributed by atoms with Gasteiger partial charge in [0.1, 0.15) is 6.07 Å². The van der Waals surface area contributed by atoms with Crippen molar-refractivity contribution < 1.29 is 5.11 Å². The number of anilines is 1. The number of rotatable bonds is 6. The van der Waals surface area contributed by atoms with E-state index < -0.39 is 5.60 Å². The molecular weight excluding hydrogens is 256 g/mol. The lowest BCUT2D eigenvalue weighted by molar-refractivity contribution is 0.0876. The molecule has 1 N–H and O–H groups in total. The summed E-state index contributed by atoms with van der Waals surface area (Å²) < 4.78 is 0. The number of hydrogen-bond donors (Lipinski definition) is 1. The molecule has 3 nitrogen and oxygen atoms in total. The molecule has 0 radical (unpaired) electrons. The predicted octanol–water partition coefficient (Wildman–Crippen LogP) is 3.27. The van der Waals surface area contributed by atoms with Crippen LogP contribution in [-0.4, -0.2) is 29.5 Å². The molecule has 4 heteroatoms. The minimum absolute atomic E-state index is 0.512. The molecule has 0 aliphatic rings. The van der Waals surface area contributed by atoms with E-state index in [0.29, 0.717) is 12.1 Å². The van der Waals surface area contributed by atoms with E-state index in [1.54, 1.807) is 25.6 Å². The quantitative estimate of drug-likeness (QED) is 0.811. The lowest BCUT2D eigenvalue weighted by Gasteiger charge is -2.30. The number of nitrogens with zero attached hydrogens (tertiary/aromatic N) is 2. The van der Waals surface area contributed by atoms with Crippen LogP contribution < -0.4 is 4.90 Å². The molecule has 1 aromatic carbocycles. The Morgan fingerprint density at radius 2 is 2.05 bits per heavy atom. The summed E-state index contributed by atoms with van der Waals surface area (Å²) in [6.45, 7) is 8.95. The molecule has 104 valence electrons. The van der Waals surface area contributed by atoms with Gasteiger partial charge in [-0.05, 0) is 38.7 Å². The third-order valence-electron chi connectivity index (χ3n) is 2.72. The number of benzene rings is 1. The van der Waals surface area contributed by atoms with Crippen molar-refractivity contribution >= 4 is 17.4 Å². The first-order valence-electron chi connectivity index (χ1n) is 6.56. The maximum Gasteiger partial charge on any atom is 0.103 e. The van der Waals surface area contributed by atoms with Crippen LogP contribution in [-0.2, 0) is 0 Å². The second-order valence-electron chi connectivity index (χ2n) is 5.02. The van der Waals surface area contributed by atoms with Crippen LogP contribution in [0.1, 0.15) is 33.3 Å². The van der Waals surface area contributed by atoms with E-state index in [1.807, 2.05) is 25.1 Å². The number of thioether (sulfide) groups is 1. The van der Waals surface area contributed by atoms with Crippen LogP contribution in [0.5, 0.6) is 0 Å². The molecule has 0 aromatic heterocycles. The number of nitriles is 1. The van der Waals surface area contributed by atoms with Crippen molar-refractivity contribution in [2.45, 2.75) is 38.2 Å². The highest BCUT2D eigenvalue weighted by Gasteiger charge is 2.20. The fraction of sp³-hybridized carbons (Fsp3) is 0.533. The van der Waals surface area contributed by atoms with Gasteiger partial charge in [0.25, 0.3) is 0 Å². The van der Waals surface area contributed by atoms with Crippen molar-refractivity contribution in [2.75, 3.05) is 23.7 Å². The summed E-state index contributed by atoms with van der Waals surface area (Å²) in [4.78, 5) is 3.06. The largest absolute Gasteiger partial charge is 0.389 e. The van der Waals surface area contributed by atoms with Gasteiger partial charge in [0.2, 0.25) is 0 Å². The predicted molar refractivity (Wildman–Crippen MR) is 81.7 cm³/mol. The zero-order chi connectivity index (χ0) is 14.5. The second-order valence-corrected chi connectivity index (χ2v) is 6.33. The maximum atomic E-state index is 9.99. The Morgan fingerprint density at radius 3 is 2.53 bits per heavy atom. The molecule has 0 aliphatic carbocycles. The third kappa shape index (κ3) is 4.45. The third-order valence-corrected chi connectivity index (χ3v) is 3.66. The van der Waals surface area contributed by atoms with Crippen molar-refractivity contribution in [3.8, 4) is 6.07 Å². The van der Waals surface area contributed by atoms with Crippen LogP contribution in [0.3, 0.4) is 0 Å². The van der Waals surface area contributed by atoms with Gasteiger partial charge in [-0.25, -0.2) is 0 Å². The molecular formula is C15H22N2OS.